The predicted molar refractivity (Wildman–Crippen MR) is 93.1 cm³/mol. The van der Waals surface area contributed by atoms with Crippen molar-refractivity contribution in [1.29, 1.82) is 0 Å². The van der Waals surface area contributed by atoms with Gasteiger partial charge in [0.2, 0.25) is 0 Å². The SMILES string of the molecule is CCOC(=O)C(NC(=O)c1ccccc1)(C(=O)OCC)c1ccccn1. The van der Waals surface area contributed by atoms with Crippen molar-refractivity contribution in [2.24, 2.45) is 0 Å². The zero-order chi connectivity index (χ0) is 19.0. The molecule has 0 saturated heterocycles. The van der Waals surface area contributed by atoms with Crippen LogP contribution in [0.3, 0.4) is 0 Å². The lowest BCUT2D eigenvalue weighted by Gasteiger charge is -2.29. The minimum Gasteiger partial charge on any atom is -0.463 e. The number of nitrogens with zero attached hydrogens (tertiary/aromatic N) is 1. The quantitative estimate of drug-likeness (QED) is 0.601. The van der Waals surface area contributed by atoms with Gasteiger partial charge in [-0.15, -0.1) is 0 Å². The fourth-order valence-corrected chi connectivity index (χ4v) is 2.35. The molecule has 0 aliphatic carbocycles. The molecule has 0 fully saturated rings. The molecule has 0 radical (unpaired) electrons. The number of nitrogens with one attached hydrogen (secondary N) is 1. The zero-order valence-corrected chi connectivity index (χ0v) is 14.6. The third kappa shape index (κ3) is 3.88. The van der Waals surface area contributed by atoms with E-state index in [-0.39, 0.29) is 24.5 Å². The number of hydrogen-bond donors (Lipinski definition) is 1. The van der Waals surface area contributed by atoms with Crippen molar-refractivity contribution in [1.82, 2.24) is 10.3 Å². The van der Waals surface area contributed by atoms with Crippen LogP contribution in [-0.4, -0.2) is 36.0 Å². The Labute approximate surface area is 151 Å². The lowest BCUT2D eigenvalue weighted by Crippen LogP contribution is -2.59. The van der Waals surface area contributed by atoms with Crippen LogP contribution in [0.1, 0.15) is 29.9 Å². The Balaban J connectivity index is 2.56. The van der Waals surface area contributed by atoms with Gasteiger partial charge in [-0.3, -0.25) is 9.78 Å². The Morgan fingerprint density at radius 2 is 1.50 bits per heavy atom. The summed E-state index contributed by atoms with van der Waals surface area (Å²) in [5.41, 5.74) is -1.90. The molecular weight excluding hydrogens is 336 g/mol. The van der Waals surface area contributed by atoms with Gasteiger partial charge < -0.3 is 14.8 Å². The highest BCUT2D eigenvalue weighted by Gasteiger charge is 2.53. The van der Waals surface area contributed by atoms with Gasteiger partial charge in [0.05, 0.1) is 18.9 Å². The van der Waals surface area contributed by atoms with Crippen LogP contribution in [0.15, 0.2) is 54.7 Å². The fraction of sp³-hybridized carbons (Fsp3) is 0.263. The van der Waals surface area contributed by atoms with Gasteiger partial charge in [0.1, 0.15) is 0 Å². The number of ether oxygens (including phenoxy) is 2. The van der Waals surface area contributed by atoms with Crippen LogP contribution in [0.2, 0.25) is 0 Å². The Morgan fingerprint density at radius 3 is 2.00 bits per heavy atom. The summed E-state index contributed by atoms with van der Waals surface area (Å²) in [6, 6.07) is 12.9. The molecule has 1 N–H and O–H groups in total. The number of esters is 2. The van der Waals surface area contributed by atoms with Gasteiger partial charge in [-0.1, -0.05) is 24.3 Å². The van der Waals surface area contributed by atoms with Gasteiger partial charge in [-0.2, -0.15) is 0 Å². The molecule has 2 aromatic rings. The van der Waals surface area contributed by atoms with Crippen molar-refractivity contribution < 1.29 is 23.9 Å². The van der Waals surface area contributed by atoms with E-state index in [1.807, 2.05) is 0 Å². The number of carbonyl (C=O) groups excluding carboxylic acids is 3. The van der Waals surface area contributed by atoms with Crippen LogP contribution in [-0.2, 0) is 24.6 Å². The Hall–Kier alpha value is -3.22. The van der Waals surface area contributed by atoms with Gasteiger partial charge in [0.25, 0.3) is 11.4 Å². The molecule has 26 heavy (non-hydrogen) atoms. The van der Waals surface area contributed by atoms with E-state index < -0.39 is 23.4 Å². The monoisotopic (exact) mass is 356 g/mol. The molecule has 0 aliphatic heterocycles. The molecule has 1 amide bonds. The number of rotatable bonds is 7. The van der Waals surface area contributed by atoms with Crippen molar-refractivity contribution >= 4 is 17.8 Å². The molecule has 136 valence electrons. The molecule has 0 spiro atoms. The highest BCUT2D eigenvalue weighted by molar-refractivity contribution is 6.10. The molecule has 1 aromatic carbocycles. The van der Waals surface area contributed by atoms with E-state index in [0.717, 1.165) is 0 Å². The third-order valence-corrected chi connectivity index (χ3v) is 3.55. The standard InChI is InChI=1S/C19H20N2O5/c1-3-25-17(23)19(18(24)26-4-2,15-12-8-9-13-20-15)21-16(22)14-10-6-5-7-11-14/h5-13H,3-4H2,1-2H3,(H,21,22). The van der Waals surface area contributed by atoms with Crippen molar-refractivity contribution in [3.8, 4) is 0 Å². The van der Waals surface area contributed by atoms with Crippen LogP contribution >= 0.6 is 0 Å². The fourth-order valence-electron chi connectivity index (χ4n) is 2.35. The summed E-state index contributed by atoms with van der Waals surface area (Å²) in [5.74, 6) is -2.54. The number of benzene rings is 1. The third-order valence-electron chi connectivity index (χ3n) is 3.55. The van der Waals surface area contributed by atoms with Crippen LogP contribution in [0, 0.1) is 0 Å². The molecule has 7 heteroatoms. The van der Waals surface area contributed by atoms with Crippen LogP contribution < -0.4 is 5.32 Å². The van der Waals surface area contributed by atoms with Crippen molar-refractivity contribution in [3.05, 3.63) is 66.0 Å². The highest BCUT2D eigenvalue weighted by Crippen LogP contribution is 2.24. The minimum atomic E-state index is -2.19. The van der Waals surface area contributed by atoms with Gasteiger partial charge in [-0.05, 0) is 38.1 Å². The second kappa shape index (κ2) is 8.75. The van der Waals surface area contributed by atoms with Crippen molar-refractivity contribution in [3.63, 3.8) is 0 Å². The molecule has 0 atom stereocenters. The number of aromatic nitrogens is 1. The summed E-state index contributed by atoms with van der Waals surface area (Å²) in [5, 5.41) is 2.48. The highest BCUT2D eigenvalue weighted by atomic mass is 16.6. The first-order valence-corrected chi connectivity index (χ1v) is 8.19. The molecule has 7 nitrogen and oxygen atoms in total. The van der Waals surface area contributed by atoms with Gasteiger partial charge in [0, 0.05) is 11.8 Å². The van der Waals surface area contributed by atoms with Gasteiger partial charge >= 0.3 is 11.9 Å². The maximum Gasteiger partial charge on any atom is 0.350 e. The number of pyridine rings is 1. The smallest absolute Gasteiger partial charge is 0.350 e. The van der Waals surface area contributed by atoms with E-state index >= 15 is 0 Å². The Kier molecular flexibility index (Phi) is 6.43. The van der Waals surface area contributed by atoms with E-state index in [9.17, 15) is 14.4 Å². The summed E-state index contributed by atoms with van der Waals surface area (Å²) >= 11 is 0. The van der Waals surface area contributed by atoms with E-state index in [4.69, 9.17) is 9.47 Å². The zero-order valence-electron chi connectivity index (χ0n) is 14.6. The maximum atomic E-state index is 12.8. The molecule has 1 aromatic heterocycles. The molecular formula is C19H20N2O5. The number of carbonyl (C=O) groups is 3. The average Bonchev–Trinajstić information content (AvgIpc) is 2.67. The van der Waals surface area contributed by atoms with Gasteiger partial charge in [-0.25, -0.2) is 9.59 Å². The minimum absolute atomic E-state index is 0.0150. The largest absolute Gasteiger partial charge is 0.463 e. The lowest BCUT2D eigenvalue weighted by atomic mass is 9.93. The Bertz CT molecular complexity index is 744. The van der Waals surface area contributed by atoms with Gasteiger partial charge in [0.15, 0.2) is 0 Å². The van der Waals surface area contributed by atoms with E-state index in [1.165, 1.54) is 12.3 Å². The first kappa shape index (κ1) is 19.1. The summed E-state index contributed by atoms with van der Waals surface area (Å²) < 4.78 is 10.1. The molecule has 1 heterocycles. The first-order chi connectivity index (χ1) is 12.6. The molecule has 0 bridgehead atoms. The second-order valence-electron chi connectivity index (χ2n) is 5.23. The molecule has 0 unspecified atom stereocenters. The summed E-state index contributed by atoms with van der Waals surface area (Å²) in [6.07, 6.45) is 1.41. The van der Waals surface area contributed by atoms with E-state index in [0.29, 0.717) is 0 Å². The summed E-state index contributed by atoms with van der Waals surface area (Å²) in [4.78, 5) is 42.3. The van der Waals surface area contributed by atoms with E-state index in [1.54, 1.807) is 56.3 Å². The van der Waals surface area contributed by atoms with Crippen LogP contribution in [0.4, 0.5) is 0 Å². The number of hydrogen-bond acceptors (Lipinski definition) is 6. The van der Waals surface area contributed by atoms with Crippen LogP contribution in [0.25, 0.3) is 0 Å². The van der Waals surface area contributed by atoms with E-state index in [2.05, 4.69) is 10.3 Å². The predicted octanol–water partition coefficient (Wildman–Crippen LogP) is 1.83. The maximum absolute atomic E-state index is 12.8. The Morgan fingerprint density at radius 1 is 0.923 bits per heavy atom. The molecule has 0 saturated carbocycles. The second-order valence-corrected chi connectivity index (χ2v) is 5.23. The topological polar surface area (TPSA) is 94.6 Å². The van der Waals surface area contributed by atoms with Crippen LogP contribution in [0.5, 0.6) is 0 Å². The van der Waals surface area contributed by atoms with Crippen molar-refractivity contribution in [2.45, 2.75) is 19.4 Å². The average molecular weight is 356 g/mol. The normalized spacial score (nSPS) is 10.7. The number of amides is 1. The molecule has 2 rings (SSSR count). The molecule has 0 aliphatic rings. The van der Waals surface area contributed by atoms with Crippen molar-refractivity contribution in [2.75, 3.05) is 13.2 Å². The summed E-state index contributed by atoms with van der Waals surface area (Å²) in [7, 11) is 0. The lowest BCUT2D eigenvalue weighted by molar-refractivity contribution is -0.166. The first-order valence-electron chi connectivity index (χ1n) is 8.19. The summed E-state index contributed by atoms with van der Waals surface area (Å²) in [6.45, 7) is 3.25.